The van der Waals surface area contributed by atoms with Gasteiger partial charge in [0.2, 0.25) is 0 Å². The third-order valence-electron chi connectivity index (χ3n) is 5.65. The molecule has 1 N–H and O–H groups in total. The number of nitrogens with one attached hydrogen (secondary N) is 1. The molecule has 1 aromatic heterocycles. The Balaban J connectivity index is 1.33. The molecule has 2 aromatic carbocycles. The third kappa shape index (κ3) is 4.96. The van der Waals surface area contributed by atoms with Gasteiger partial charge in [0.05, 0.1) is 5.92 Å². The van der Waals surface area contributed by atoms with Crippen molar-refractivity contribution in [3.63, 3.8) is 0 Å². The van der Waals surface area contributed by atoms with Crippen molar-refractivity contribution < 1.29 is 14.3 Å². The van der Waals surface area contributed by atoms with Gasteiger partial charge in [-0.05, 0) is 37.5 Å². The molecule has 0 aliphatic carbocycles. The number of hydrogen-bond donors (Lipinski definition) is 1. The summed E-state index contributed by atoms with van der Waals surface area (Å²) in [5.74, 6) is 0.617. The van der Waals surface area contributed by atoms with Crippen LogP contribution in [0.4, 0.5) is 10.5 Å². The van der Waals surface area contributed by atoms with Crippen molar-refractivity contribution in [3.8, 4) is 11.4 Å². The number of ether oxygens (including phenoxy) is 1. The van der Waals surface area contributed by atoms with Gasteiger partial charge in [-0.3, -0.25) is 4.79 Å². The minimum atomic E-state index is -0.353. The van der Waals surface area contributed by atoms with Gasteiger partial charge < -0.3 is 19.5 Å². The van der Waals surface area contributed by atoms with Crippen LogP contribution in [0, 0.1) is 12.8 Å². The van der Waals surface area contributed by atoms with Gasteiger partial charge in [0, 0.05) is 31.4 Å². The zero-order valence-electron chi connectivity index (χ0n) is 18.3. The van der Waals surface area contributed by atoms with Gasteiger partial charge in [-0.2, -0.15) is 0 Å². The largest absolute Gasteiger partial charge is 0.457 e. The smallest absolute Gasteiger partial charge is 0.321 e. The van der Waals surface area contributed by atoms with Crippen LogP contribution in [0.2, 0.25) is 0 Å². The Morgan fingerprint density at radius 1 is 1.12 bits per heavy atom. The summed E-state index contributed by atoms with van der Waals surface area (Å²) in [5, 5.41) is 11.3. The molecule has 4 rings (SSSR count). The molecule has 1 atom stereocenters. The fraction of sp³-hybridized carbons (Fsp3) is 0.333. The fourth-order valence-corrected chi connectivity index (χ4v) is 3.86. The second kappa shape index (κ2) is 9.64. The Labute approximate surface area is 187 Å². The minimum absolute atomic E-state index is 0.0428. The summed E-state index contributed by atoms with van der Waals surface area (Å²) in [6.07, 6.45) is 1.45. The topological polar surface area (TPSA) is 89.3 Å². The first-order valence-corrected chi connectivity index (χ1v) is 10.7. The second-order valence-electron chi connectivity index (χ2n) is 8.06. The highest BCUT2D eigenvalue weighted by molar-refractivity contribution is 5.90. The molecular formula is C24H27N5O3. The van der Waals surface area contributed by atoms with Crippen molar-refractivity contribution in [2.45, 2.75) is 26.4 Å². The molecule has 166 valence electrons. The molecule has 8 nitrogen and oxygen atoms in total. The zero-order chi connectivity index (χ0) is 22.5. The van der Waals surface area contributed by atoms with Crippen LogP contribution in [0.5, 0.6) is 0 Å². The van der Waals surface area contributed by atoms with E-state index >= 15 is 0 Å². The minimum Gasteiger partial charge on any atom is -0.457 e. The van der Waals surface area contributed by atoms with E-state index in [0.717, 1.165) is 23.2 Å². The van der Waals surface area contributed by atoms with Crippen molar-refractivity contribution >= 4 is 17.7 Å². The van der Waals surface area contributed by atoms with Crippen LogP contribution in [0.25, 0.3) is 11.4 Å². The Hall–Kier alpha value is -3.68. The van der Waals surface area contributed by atoms with E-state index in [1.54, 1.807) is 4.90 Å². The maximum atomic E-state index is 12.7. The summed E-state index contributed by atoms with van der Waals surface area (Å²) < 4.78 is 7.36. The van der Waals surface area contributed by atoms with Crippen molar-refractivity contribution in [3.05, 3.63) is 66.0 Å². The Morgan fingerprint density at radius 3 is 2.72 bits per heavy atom. The van der Waals surface area contributed by atoms with Gasteiger partial charge in [0.25, 0.3) is 0 Å². The second-order valence-corrected chi connectivity index (χ2v) is 8.06. The van der Waals surface area contributed by atoms with E-state index in [0.29, 0.717) is 31.2 Å². The molecule has 2 heterocycles. The molecule has 3 aromatic rings. The first kappa shape index (κ1) is 21.5. The summed E-state index contributed by atoms with van der Waals surface area (Å²) >= 11 is 0. The molecule has 0 radical (unpaired) electrons. The average molecular weight is 434 g/mol. The maximum absolute atomic E-state index is 12.7. The van der Waals surface area contributed by atoms with Crippen molar-refractivity contribution in [1.82, 2.24) is 19.7 Å². The lowest BCUT2D eigenvalue weighted by Crippen LogP contribution is -2.44. The van der Waals surface area contributed by atoms with Crippen LogP contribution >= 0.6 is 0 Å². The SMILES string of the molecule is Cc1cccc(NC(=O)N2CCCC(C(=O)OCc3nnc(-c4ccccc4)n3C)C2)c1. The zero-order valence-corrected chi connectivity index (χ0v) is 18.3. The normalized spacial score (nSPS) is 15.9. The number of likely N-dealkylation sites (tertiary alicyclic amines) is 1. The molecule has 1 aliphatic heterocycles. The van der Waals surface area contributed by atoms with Crippen LogP contribution in [-0.2, 0) is 23.2 Å². The number of anilines is 1. The molecule has 1 unspecified atom stereocenters. The van der Waals surface area contributed by atoms with Crippen LogP contribution in [0.15, 0.2) is 54.6 Å². The Morgan fingerprint density at radius 2 is 1.94 bits per heavy atom. The highest BCUT2D eigenvalue weighted by Gasteiger charge is 2.30. The van der Waals surface area contributed by atoms with Crippen LogP contribution in [-0.4, -0.2) is 44.8 Å². The van der Waals surface area contributed by atoms with Gasteiger partial charge in [0.15, 0.2) is 18.3 Å². The number of aryl methyl sites for hydroxylation is 1. The van der Waals surface area contributed by atoms with Crippen LogP contribution in [0.1, 0.15) is 24.2 Å². The Bertz CT molecular complexity index is 1100. The van der Waals surface area contributed by atoms with Crippen LogP contribution in [0.3, 0.4) is 0 Å². The standard InChI is InChI=1S/C24H27N5O3/c1-17-8-6-12-20(14-17)25-24(31)29-13-7-11-19(15-29)23(30)32-16-21-26-27-22(28(21)2)18-9-4-3-5-10-18/h3-6,8-10,12,14,19H,7,11,13,15-16H2,1-2H3,(H,25,31). The molecule has 1 aliphatic rings. The molecule has 1 saturated heterocycles. The molecule has 2 amide bonds. The number of urea groups is 1. The van der Waals surface area contributed by atoms with E-state index < -0.39 is 0 Å². The number of esters is 1. The maximum Gasteiger partial charge on any atom is 0.321 e. The Kier molecular flexibility index (Phi) is 6.49. The molecule has 0 spiro atoms. The predicted molar refractivity (Wildman–Crippen MR) is 121 cm³/mol. The monoisotopic (exact) mass is 433 g/mol. The molecule has 0 bridgehead atoms. The third-order valence-corrected chi connectivity index (χ3v) is 5.65. The first-order chi connectivity index (χ1) is 15.5. The molecular weight excluding hydrogens is 406 g/mol. The van der Waals surface area contributed by atoms with E-state index in [4.69, 9.17) is 4.74 Å². The number of aromatic nitrogens is 3. The lowest BCUT2D eigenvalue weighted by atomic mass is 9.98. The number of nitrogens with zero attached hydrogens (tertiary/aromatic N) is 4. The van der Waals surface area contributed by atoms with Gasteiger partial charge in [-0.1, -0.05) is 42.5 Å². The molecule has 1 fully saturated rings. The van der Waals surface area contributed by atoms with Gasteiger partial charge >= 0.3 is 12.0 Å². The fourth-order valence-electron chi connectivity index (χ4n) is 3.86. The van der Waals surface area contributed by atoms with Gasteiger partial charge in [-0.15, -0.1) is 10.2 Å². The number of piperidine rings is 1. The molecule has 8 heteroatoms. The number of carbonyl (C=O) groups excluding carboxylic acids is 2. The predicted octanol–water partition coefficient (Wildman–Crippen LogP) is 3.78. The van der Waals surface area contributed by atoms with Crippen molar-refractivity contribution in [1.29, 1.82) is 0 Å². The summed E-state index contributed by atoms with van der Waals surface area (Å²) in [6.45, 7) is 2.97. The van der Waals surface area contributed by atoms with E-state index in [-0.39, 0.29) is 24.5 Å². The number of benzene rings is 2. The number of amides is 2. The summed E-state index contributed by atoms with van der Waals surface area (Å²) in [4.78, 5) is 27.0. The van der Waals surface area contributed by atoms with Crippen LogP contribution < -0.4 is 5.32 Å². The summed E-state index contributed by atoms with van der Waals surface area (Å²) in [6, 6.07) is 17.2. The summed E-state index contributed by atoms with van der Waals surface area (Å²) in [5.41, 5.74) is 2.76. The number of hydrogen-bond acceptors (Lipinski definition) is 5. The van der Waals surface area contributed by atoms with E-state index in [1.807, 2.05) is 73.1 Å². The van der Waals surface area contributed by atoms with Crippen molar-refractivity contribution in [2.24, 2.45) is 13.0 Å². The quantitative estimate of drug-likeness (QED) is 0.619. The first-order valence-electron chi connectivity index (χ1n) is 10.7. The molecule has 0 saturated carbocycles. The van der Waals surface area contributed by atoms with Gasteiger partial charge in [-0.25, -0.2) is 4.79 Å². The highest BCUT2D eigenvalue weighted by atomic mass is 16.5. The van der Waals surface area contributed by atoms with Crippen molar-refractivity contribution in [2.75, 3.05) is 18.4 Å². The highest BCUT2D eigenvalue weighted by Crippen LogP contribution is 2.21. The van der Waals surface area contributed by atoms with E-state index in [2.05, 4.69) is 15.5 Å². The van der Waals surface area contributed by atoms with Gasteiger partial charge in [0.1, 0.15) is 0 Å². The average Bonchev–Trinajstić information content (AvgIpc) is 3.18. The van der Waals surface area contributed by atoms with E-state index in [9.17, 15) is 9.59 Å². The lowest BCUT2D eigenvalue weighted by Gasteiger charge is -2.31. The van der Waals surface area contributed by atoms with E-state index in [1.165, 1.54) is 0 Å². The summed E-state index contributed by atoms with van der Waals surface area (Å²) in [7, 11) is 1.85. The molecule has 32 heavy (non-hydrogen) atoms. The number of rotatable bonds is 5. The number of carbonyl (C=O) groups is 2. The lowest BCUT2D eigenvalue weighted by molar-refractivity contribution is -0.151.